The Kier molecular flexibility index (Phi) is 5.24. The average Bonchev–Trinajstić information content (AvgIpc) is 2.47. The van der Waals surface area contributed by atoms with E-state index < -0.39 is 0 Å². The predicted octanol–water partition coefficient (Wildman–Crippen LogP) is 1.97. The Hall–Kier alpha value is -1.75. The number of piperazine rings is 1. The van der Waals surface area contributed by atoms with Gasteiger partial charge in [0, 0.05) is 44.1 Å². The van der Waals surface area contributed by atoms with E-state index >= 15 is 0 Å². The van der Waals surface area contributed by atoms with Crippen LogP contribution >= 0.6 is 0 Å². The van der Waals surface area contributed by atoms with E-state index in [4.69, 9.17) is 0 Å². The van der Waals surface area contributed by atoms with Crippen LogP contribution in [0, 0.1) is 0 Å². The standard InChI is InChI=1S/C15H24N4O/c1-3-8-16-15(20)17-13-4-6-14(7-5-13)19-11-9-18(2)10-12-19/h4-7H,3,8-12H2,1-2H3,(H2,16,17,20). The SMILES string of the molecule is CCCNC(=O)Nc1ccc(N2CCN(C)CC2)cc1. The Labute approximate surface area is 120 Å². The Morgan fingerprint density at radius 2 is 1.80 bits per heavy atom. The molecule has 0 aromatic heterocycles. The highest BCUT2D eigenvalue weighted by atomic mass is 16.2. The van der Waals surface area contributed by atoms with Crippen LogP contribution in [-0.2, 0) is 0 Å². The maximum atomic E-state index is 11.6. The third-order valence-corrected chi connectivity index (χ3v) is 3.53. The Bertz CT molecular complexity index is 424. The molecule has 0 spiro atoms. The molecule has 0 bridgehead atoms. The van der Waals surface area contributed by atoms with Crippen LogP contribution < -0.4 is 15.5 Å². The summed E-state index contributed by atoms with van der Waals surface area (Å²) in [6.45, 7) is 7.04. The second kappa shape index (κ2) is 7.14. The molecule has 5 nitrogen and oxygen atoms in total. The third-order valence-electron chi connectivity index (χ3n) is 3.53. The van der Waals surface area contributed by atoms with Gasteiger partial charge in [-0.1, -0.05) is 6.92 Å². The van der Waals surface area contributed by atoms with E-state index in [9.17, 15) is 4.79 Å². The quantitative estimate of drug-likeness (QED) is 0.884. The van der Waals surface area contributed by atoms with E-state index in [1.54, 1.807) is 0 Å². The van der Waals surface area contributed by atoms with Gasteiger partial charge in [-0.25, -0.2) is 4.79 Å². The molecule has 0 atom stereocenters. The summed E-state index contributed by atoms with van der Waals surface area (Å²) in [6, 6.07) is 7.92. The van der Waals surface area contributed by atoms with Gasteiger partial charge in [-0.05, 0) is 37.7 Å². The molecule has 0 radical (unpaired) electrons. The lowest BCUT2D eigenvalue weighted by molar-refractivity contribution is 0.252. The molecule has 1 aliphatic rings. The van der Waals surface area contributed by atoms with Crippen molar-refractivity contribution in [2.45, 2.75) is 13.3 Å². The number of nitrogens with zero attached hydrogens (tertiary/aromatic N) is 2. The fourth-order valence-corrected chi connectivity index (χ4v) is 2.23. The van der Waals surface area contributed by atoms with Crippen molar-refractivity contribution in [2.75, 3.05) is 50.0 Å². The topological polar surface area (TPSA) is 47.6 Å². The van der Waals surface area contributed by atoms with Crippen molar-refractivity contribution in [2.24, 2.45) is 0 Å². The van der Waals surface area contributed by atoms with Crippen LogP contribution in [0.2, 0.25) is 0 Å². The molecule has 2 N–H and O–H groups in total. The Balaban J connectivity index is 1.88. The first-order valence-corrected chi connectivity index (χ1v) is 7.27. The lowest BCUT2D eigenvalue weighted by atomic mass is 10.2. The highest BCUT2D eigenvalue weighted by molar-refractivity contribution is 5.89. The van der Waals surface area contributed by atoms with Crippen LogP contribution in [0.25, 0.3) is 0 Å². The van der Waals surface area contributed by atoms with E-state index in [-0.39, 0.29) is 6.03 Å². The molecule has 1 saturated heterocycles. The number of rotatable bonds is 4. The largest absolute Gasteiger partial charge is 0.369 e. The maximum absolute atomic E-state index is 11.6. The second-order valence-corrected chi connectivity index (χ2v) is 5.22. The fraction of sp³-hybridized carbons (Fsp3) is 0.533. The summed E-state index contributed by atoms with van der Waals surface area (Å²) in [5.74, 6) is 0. The predicted molar refractivity (Wildman–Crippen MR) is 83.5 cm³/mol. The summed E-state index contributed by atoms with van der Waals surface area (Å²) in [4.78, 5) is 16.3. The summed E-state index contributed by atoms with van der Waals surface area (Å²) in [5, 5.41) is 5.63. The van der Waals surface area contributed by atoms with Crippen LogP contribution in [0.15, 0.2) is 24.3 Å². The van der Waals surface area contributed by atoms with Crippen molar-refractivity contribution in [3.8, 4) is 0 Å². The zero-order valence-electron chi connectivity index (χ0n) is 12.4. The van der Waals surface area contributed by atoms with Crippen molar-refractivity contribution in [1.82, 2.24) is 10.2 Å². The number of anilines is 2. The first-order valence-electron chi connectivity index (χ1n) is 7.27. The van der Waals surface area contributed by atoms with Gasteiger partial charge in [0.1, 0.15) is 0 Å². The minimum absolute atomic E-state index is 0.140. The highest BCUT2D eigenvalue weighted by Crippen LogP contribution is 2.19. The average molecular weight is 276 g/mol. The van der Waals surface area contributed by atoms with E-state index in [1.807, 2.05) is 19.1 Å². The molecule has 1 fully saturated rings. The van der Waals surface area contributed by atoms with Crippen molar-refractivity contribution in [3.05, 3.63) is 24.3 Å². The van der Waals surface area contributed by atoms with Gasteiger partial charge in [-0.15, -0.1) is 0 Å². The van der Waals surface area contributed by atoms with Gasteiger partial charge in [0.05, 0.1) is 0 Å². The normalized spacial score (nSPS) is 16.0. The van der Waals surface area contributed by atoms with Gasteiger partial charge < -0.3 is 20.4 Å². The minimum Gasteiger partial charge on any atom is -0.369 e. The van der Waals surface area contributed by atoms with Crippen LogP contribution in [0.3, 0.4) is 0 Å². The fourth-order valence-electron chi connectivity index (χ4n) is 2.23. The molecule has 0 aliphatic carbocycles. The molecule has 0 saturated carbocycles. The first-order chi connectivity index (χ1) is 9.69. The van der Waals surface area contributed by atoms with Gasteiger partial charge >= 0.3 is 6.03 Å². The zero-order valence-corrected chi connectivity index (χ0v) is 12.4. The number of hydrogen-bond donors (Lipinski definition) is 2. The van der Waals surface area contributed by atoms with E-state index in [1.165, 1.54) is 5.69 Å². The van der Waals surface area contributed by atoms with Gasteiger partial charge in [-0.2, -0.15) is 0 Å². The molecule has 1 heterocycles. The molecular formula is C15H24N4O. The van der Waals surface area contributed by atoms with Gasteiger partial charge in [-0.3, -0.25) is 0 Å². The molecule has 110 valence electrons. The molecular weight excluding hydrogens is 252 g/mol. The number of benzene rings is 1. The number of likely N-dealkylation sites (N-methyl/N-ethyl adjacent to an activating group) is 1. The van der Waals surface area contributed by atoms with Crippen LogP contribution in [0.1, 0.15) is 13.3 Å². The molecule has 2 amide bonds. The van der Waals surface area contributed by atoms with E-state index in [0.29, 0.717) is 6.54 Å². The van der Waals surface area contributed by atoms with Crippen molar-refractivity contribution in [1.29, 1.82) is 0 Å². The molecule has 1 aromatic carbocycles. The summed E-state index contributed by atoms with van der Waals surface area (Å²) in [7, 11) is 2.15. The highest BCUT2D eigenvalue weighted by Gasteiger charge is 2.13. The van der Waals surface area contributed by atoms with Crippen LogP contribution in [-0.4, -0.2) is 50.7 Å². The number of hydrogen-bond acceptors (Lipinski definition) is 3. The molecule has 5 heteroatoms. The molecule has 2 rings (SSSR count). The summed E-state index contributed by atoms with van der Waals surface area (Å²) in [6.07, 6.45) is 0.940. The monoisotopic (exact) mass is 276 g/mol. The molecule has 0 unspecified atom stereocenters. The first kappa shape index (κ1) is 14.7. The number of amides is 2. The maximum Gasteiger partial charge on any atom is 0.319 e. The van der Waals surface area contributed by atoms with Gasteiger partial charge in [0.2, 0.25) is 0 Å². The van der Waals surface area contributed by atoms with Crippen molar-refractivity contribution >= 4 is 17.4 Å². The van der Waals surface area contributed by atoms with E-state index in [2.05, 4.69) is 39.6 Å². The minimum atomic E-state index is -0.140. The zero-order chi connectivity index (χ0) is 14.4. The Morgan fingerprint density at radius 3 is 2.40 bits per heavy atom. The summed E-state index contributed by atoms with van der Waals surface area (Å²) < 4.78 is 0. The number of carbonyl (C=O) groups excluding carboxylic acids is 1. The molecule has 1 aromatic rings. The van der Waals surface area contributed by atoms with E-state index in [0.717, 1.165) is 38.3 Å². The van der Waals surface area contributed by atoms with Crippen molar-refractivity contribution < 1.29 is 4.79 Å². The van der Waals surface area contributed by atoms with Crippen LogP contribution in [0.5, 0.6) is 0 Å². The lowest BCUT2D eigenvalue weighted by Crippen LogP contribution is -2.44. The third kappa shape index (κ3) is 4.13. The van der Waals surface area contributed by atoms with Crippen molar-refractivity contribution in [3.63, 3.8) is 0 Å². The van der Waals surface area contributed by atoms with Crippen LogP contribution in [0.4, 0.5) is 16.2 Å². The number of carbonyl (C=O) groups is 1. The Morgan fingerprint density at radius 1 is 1.15 bits per heavy atom. The van der Waals surface area contributed by atoms with Gasteiger partial charge in [0.25, 0.3) is 0 Å². The number of urea groups is 1. The molecule has 20 heavy (non-hydrogen) atoms. The summed E-state index contributed by atoms with van der Waals surface area (Å²) >= 11 is 0. The van der Waals surface area contributed by atoms with Gasteiger partial charge in [0.15, 0.2) is 0 Å². The smallest absolute Gasteiger partial charge is 0.319 e. The number of nitrogens with one attached hydrogen (secondary N) is 2. The summed E-state index contributed by atoms with van der Waals surface area (Å²) in [5.41, 5.74) is 2.05. The second-order valence-electron chi connectivity index (χ2n) is 5.22. The molecule has 1 aliphatic heterocycles. The lowest BCUT2D eigenvalue weighted by Gasteiger charge is -2.34.